The molecule has 1 atom stereocenters. The predicted octanol–water partition coefficient (Wildman–Crippen LogP) is 1.35. The smallest absolute Gasteiger partial charge is 0.265 e. The van der Waals surface area contributed by atoms with Gasteiger partial charge in [-0.2, -0.15) is 0 Å². The van der Waals surface area contributed by atoms with Crippen molar-refractivity contribution in [3.8, 4) is 5.75 Å². The summed E-state index contributed by atoms with van der Waals surface area (Å²) in [5, 5.41) is 2.95. The molecule has 0 aromatic heterocycles. The molecule has 0 radical (unpaired) electrons. The van der Waals surface area contributed by atoms with Crippen LogP contribution in [-0.4, -0.2) is 56.1 Å². The molecule has 2 amide bonds. The number of carbonyl (C=O) groups excluding carboxylic acids is 2. The minimum Gasteiger partial charge on any atom is -0.476 e. The van der Waals surface area contributed by atoms with E-state index >= 15 is 0 Å². The fourth-order valence-corrected chi connectivity index (χ4v) is 3.01. The van der Waals surface area contributed by atoms with Crippen molar-refractivity contribution < 1.29 is 19.1 Å². The highest BCUT2D eigenvalue weighted by Crippen LogP contribution is 2.23. The van der Waals surface area contributed by atoms with Crippen molar-refractivity contribution in [2.24, 2.45) is 5.73 Å². The minimum absolute atomic E-state index is 0.232. The lowest BCUT2D eigenvalue weighted by Crippen LogP contribution is -2.42. The van der Waals surface area contributed by atoms with Gasteiger partial charge < -0.3 is 20.5 Å². The number of hydrogen-bond acceptors (Lipinski definition) is 5. The number of morpholine rings is 1. The van der Waals surface area contributed by atoms with Crippen LogP contribution in [0.5, 0.6) is 5.75 Å². The number of nitrogens with two attached hydrogens (primary N) is 1. The Kier molecular flexibility index (Phi) is 7.00. The van der Waals surface area contributed by atoms with Crippen molar-refractivity contribution in [3.05, 3.63) is 65.7 Å². The van der Waals surface area contributed by atoms with E-state index in [4.69, 9.17) is 15.2 Å². The third-order valence-electron chi connectivity index (χ3n) is 4.54. The van der Waals surface area contributed by atoms with Gasteiger partial charge in [0.25, 0.3) is 5.91 Å². The number of primary amides is 1. The molecule has 3 rings (SSSR count). The number of amides is 2. The Labute approximate surface area is 164 Å². The van der Waals surface area contributed by atoms with E-state index in [1.165, 1.54) is 0 Å². The van der Waals surface area contributed by atoms with Crippen LogP contribution < -0.4 is 15.8 Å². The van der Waals surface area contributed by atoms with E-state index in [-0.39, 0.29) is 5.91 Å². The van der Waals surface area contributed by atoms with Gasteiger partial charge in [-0.3, -0.25) is 14.5 Å². The molecule has 1 aliphatic heterocycles. The number of benzene rings is 2. The third-order valence-corrected chi connectivity index (χ3v) is 4.54. The molecule has 1 heterocycles. The first-order valence-electron chi connectivity index (χ1n) is 9.33. The first-order valence-corrected chi connectivity index (χ1v) is 9.33. The molecular weight excluding hydrogens is 358 g/mol. The number of hydrogen-bond donors (Lipinski definition) is 2. The molecule has 0 spiro atoms. The number of nitrogens with one attached hydrogen (secondary N) is 1. The first-order chi connectivity index (χ1) is 13.6. The van der Waals surface area contributed by atoms with Crippen molar-refractivity contribution in [3.63, 3.8) is 0 Å². The van der Waals surface area contributed by atoms with Gasteiger partial charge in [0.1, 0.15) is 5.75 Å². The SMILES string of the molecule is NC(=O)c1cccc(OC(C(=O)NCCN2CCOCC2)c2ccccc2)c1. The van der Waals surface area contributed by atoms with Crippen LogP contribution in [0.2, 0.25) is 0 Å². The molecule has 1 unspecified atom stereocenters. The summed E-state index contributed by atoms with van der Waals surface area (Å²) in [7, 11) is 0. The standard InChI is InChI=1S/C21H25N3O4/c22-20(25)17-7-4-8-18(15-17)28-19(16-5-2-1-3-6-16)21(26)23-9-10-24-11-13-27-14-12-24/h1-8,15,19H,9-14H2,(H2,22,25)(H,23,26). The molecule has 7 heteroatoms. The summed E-state index contributed by atoms with van der Waals surface area (Å²) in [6.07, 6.45) is -0.825. The van der Waals surface area contributed by atoms with Gasteiger partial charge in [0.15, 0.2) is 0 Å². The molecular formula is C21H25N3O4. The van der Waals surface area contributed by atoms with E-state index in [0.717, 1.165) is 38.4 Å². The summed E-state index contributed by atoms with van der Waals surface area (Å²) < 4.78 is 11.3. The van der Waals surface area contributed by atoms with Gasteiger partial charge in [0.2, 0.25) is 12.0 Å². The fourth-order valence-electron chi connectivity index (χ4n) is 3.01. The summed E-state index contributed by atoms with van der Waals surface area (Å²) in [5.74, 6) is -0.367. The molecule has 1 fully saturated rings. The van der Waals surface area contributed by atoms with Crippen molar-refractivity contribution in [1.29, 1.82) is 0 Å². The monoisotopic (exact) mass is 383 g/mol. The molecule has 0 bridgehead atoms. The maximum atomic E-state index is 12.8. The first kappa shape index (κ1) is 19.9. The van der Waals surface area contributed by atoms with Gasteiger partial charge in [-0.05, 0) is 18.2 Å². The zero-order chi connectivity index (χ0) is 19.8. The Morgan fingerprint density at radius 3 is 2.57 bits per heavy atom. The molecule has 3 N–H and O–H groups in total. The highest BCUT2D eigenvalue weighted by molar-refractivity contribution is 5.93. The Morgan fingerprint density at radius 1 is 1.11 bits per heavy atom. The Hall–Kier alpha value is -2.90. The topological polar surface area (TPSA) is 93.9 Å². The number of carbonyl (C=O) groups is 2. The lowest BCUT2D eigenvalue weighted by Gasteiger charge is -2.27. The van der Waals surface area contributed by atoms with E-state index < -0.39 is 12.0 Å². The van der Waals surface area contributed by atoms with Crippen LogP contribution in [0.15, 0.2) is 54.6 Å². The van der Waals surface area contributed by atoms with Crippen LogP contribution in [0.1, 0.15) is 22.0 Å². The van der Waals surface area contributed by atoms with E-state index in [0.29, 0.717) is 17.9 Å². The van der Waals surface area contributed by atoms with Crippen LogP contribution in [0.3, 0.4) is 0 Å². The maximum Gasteiger partial charge on any atom is 0.265 e. The van der Waals surface area contributed by atoms with Gasteiger partial charge in [-0.15, -0.1) is 0 Å². The van der Waals surface area contributed by atoms with Crippen molar-refractivity contribution in [2.75, 3.05) is 39.4 Å². The maximum absolute atomic E-state index is 12.8. The summed E-state index contributed by atoms with van der Waals surface area (Å²) in [4.78, 5) is 26.5. The van der Waals surface area contributed by atoms with Crippen molar-refractivity contribution in [1.82, 2.24) is 10.2 Å². The van der Waals surface area contributed by atoms with Crippen molar-refractivity contribution >= 4 is 11.8 Å². The molecule has 2 aromatic rings. The van der Waals surface area contributed by atoms with E-state index in [1.807, 2.05) is 30.3 Å². The van der Waals surface area contributed by atoms with Gasteiger partial charge in [-0.1, -0.05) is 36.4 Å². The van der Waals surface area contributed by atoms with Gasteiger partial charge in [-0.25, -0.2) is 0 Å². The second-order valence-corrected chi connectivity index (χ2v) is 6.55. The molecule has 0 saturated carbocycles. The Bertz CT molecular complexity index is 791. The highest BCUT2D eigenvalue weighted by Gasteiger charge is 2.23. The van der Waals surface area contributed by atoms with Crippen molar-refractivity contribution in [2.45, 2.75) is 6.10 Å². The third kappa shape index (κ3) is 5.55. The average Bonchev–Trinajstić information content (AvgIpc) is 2.73. The number of rotatable bonds is 8. The summed E-state index contributed by atoms with van der Waals surface area (Å²) >= 11 is 0. The van der Waals surface area contributed by atoms with E-state index in [2.05, 4.69) is 10.2 Å². The lowest BCUT2D eigenvalue weighted by molar-refractivity contribution is -0.128. The van der Waals surface area contributed by atoms with Gasteiger partial charge >= 0.3 is 0 Å². The highest BCUT2D eigenvalue weighted by atomic mass is 16.5. The predicted molar refractivity (Wildman–Crippen MR) is 105 cm³/mol. The Morgan fingerprint density at radius 2 is 1.86 bits per heavy atom. The normalized spacial score (nSPS) is 15.6. The molecule has 1 saturated heterocycles. The molecule has 7 nitrogen and oxygen atoms in total. The minimum atomic E-state index is -0.825. The molecule has 1 aliphatic rings. The number of ether oxygens (including phenoxy) is 2. The molecule has 0 aliphatic carbocycles. The fraction of sp³-hybridized carbons (Fsp3) is 0.333. The molecule has 28 heavy (non-hydrogen) atoms. The van der Waals surface area contributed by atoms with Crippen LogP contribution in [0.4, 0.5) is 0 Å². The average molecular weight is 383 g/mol. The summed E-state index contributed by atoms with van der Waals surface area (Å²) in [6, 6.07) is 15.8. The largest absolute Gasteiger partial charge is 0.476 e. The zero-order valence-electron chi connectivity index (χ0n) is 15.7. The van der Waals surface area contributed by atoms with Crippen LogP contribution >= 0.6 is 0 Å². The van der Waals surface area contributed by atoms with E-state index in [1.54, 1.807) is 24.3 Å². The van der Waals surface area contributed by atoms with Crippen LogP contribution in [0.25, 0.3) is 0 Å². The van der Waals surface area contributed by atoms with Crippen LogP contribution in [0, 0.1) is 0 Å². The van der Waals surface area contributed by atoms with Gasteiger partial charge in [0.05, 0.1) is 13.2 Å². The summed E-state index contributed by atoms with van der Waals surface area (Å²) in [5.41, 5.74) is 6.40. The molecule has 148 valence electrons. The quantitative estimate of drug-likeness (QED) is 0.718. The van der Waals surface area contributed by atoms with E-state index in [9.17, 15) is 9.59 Å². The Balaban J connectivity index is 1.67. The second-order valence-electron chi connectivity index (χ2n) is 6.55. The van der Waals surface area contributed by atoms with Gasteiger partial charge in [0, 0.05) is 37.3 Å². The lowest BCUT2D eigenvalue weighted by atomic mass is 10.1. The molecule has 2 aromatic carbocycles. The zero-order valence-corrected chi connectivity index (χ0v) is 15.7. The number of nitrogens with zero attached hydrogens (tertiary/aromatic N) is 1. The van der Waals surface area contributed by atoms with Crippen LogP contribution in [-0.2, 0) is 9.53 Å². The summed E-state index contributed by atoms with van der Waals surface area (Å²) in [6.45, 7) is 4.46. The second kappa shape index (κ2) is 9.87.